The second kappa shape index (κ2) is 6.03. The molecule has 1 aliphatic carbocycles. The fourth-order valence-corrected chi connectivity index (χ4v) is 2.19. The molecule has 17 heavy (non-hydrogen) atoms. The van der Waals surface area contributed by atoms with Crippen LogP contribution >= 0.6 is 12.4 Å². The van der Waals surface area contributed by atoms with Crippen molar-refractivity contribution in [3.63, 3.8) is 0 Å². The van der Waals surface area contributed by atoms with E-state index in [1.807, 2.05) is 30.3 Å². The van der Waals surface area contributed by atoms with Gasteiger partial charge < -0.3 is 11.1 Å². The lowest BCUT2D eigenvalue weighted by atomic mass is 9.98. The van der Waals surface area contributed by atoms with Gasteiger partial charge in [0.1, 0.15) is 0 Å². The van der Waals surface area contributed by atoms with E-state index in [9.17, 15) is 4.79 Å². The molecule has 1 fully saturated rings. The zero-order chi connectivity index (χ0) is 11.4. The van der Waals surface area contributed by atoms with Crippen LogP contribution in [-0.4, -0.2) is 11.4 Å². The number of benzene rings is 1. The summed E-state index contributed by atoms with van der Waals surface area (Å²) in [7, 11) is 0. The highest BCUT2D eigenvalue weighted by molar-refractivity contribution is 5.86. The van der Waals surface area contributed by atoms with Crippen molar-refractivity contribution in [3.05, 3.63) is 35.9 Å². The van der Waals surface area contributed by atoms with Crippen LogP contribution in [0.5, 0.6) is 0 Å². The molecule has 0 spiro atoms. The smallest absolute Gasteiger partial charge is 0.240 e. The first kappa shape index (κ1) is 14.0. The largest absolute Gasteiger partial charge is 0.350 e. The van der Waals surface area contributed by atoms with Crippen molar-refractivity contribution in [3.8, 4) is 0 Å². The molecular formula is C13H19ClN2O. The number of amides is 1. The molecule has 1 aromatic carbocycles. The van der Waals surface area contributed by atoms with E-state index in [2.05, 4.69) is 5.32 Å². The number of nitrogens with two attached hydrogens (primary N) is 1. The Morgan fingerprint density at radius 2 is 1.82 bits per heavy atom. The van der Waals surface area contributed by atoms with Gasteiger partial charge in [0, 0.05) is 6.54 Å². The highest BCUT2D eigenvalue weighted by atomic mass is 35.5. The summed E-state index contributed by atoms with van der Waals surface area (Å²) in [5, 5.41) is 2.92. The summed E-state index contributed by atoms with van der Waals surface area (Å²) in [5.41, 5.74) is 6.55. The van der Waals surface area contributed by atoms with Crippen molar-refractivity contribution in [2.45, 2.75) is 37.8 Å². The summed E-state index contributed by atoms with van der Waals surface area (Å²) >= 11 is 0. The Kier molecular flexibility index (Phi) is 4.97. The summed E-state index contributed by atoms with van der Waals surface area (Å²) in [6, 6.07) is 9.90. The lowest BCUT2D eigenvalue weighted by Crippen LogP contribution is -2.51. The lowest BCUT2D eigenvalue weighted by molar-refractivity contribution is -0.126. The predicted octanol–water partition coefficient (Wildman–Crippen LogP) is 2.00. The van der Waals surface area contributed by atoms with Gasteiger partial charge in [0.2, 0.25) is 5.91 Å². The maximum absolute atomic E-state index is 11.9. The van der Waals surface area contributed by atoms with Crippen molar-refractivity contribution < 1.29 is 4.79 Å². The van der Waals surface area contributed by atoms with E-state index in [0.29, 0.717) is 6.54 Å². The molecule has 0 heterocycles. The number of hydrogen-bond donors (Lipinski definition) is 2. The Morgan fingerprint density at radius 3 is 2.41 bits per heavy atom. The molecule has 0 aromatic heterocycles. The Hall–Kier alpha value is -1.06. The van der Waals surface area contributed by atoms with Crippen LogP contribution in [0, 0.1) is 0 Å². The molecule has 0 unspecified atom stereocenters. The molecule has 0 bridgehead atoms. The maximum atomic E-state index is 11.9. The van der Waals surface area contributed by atoms with Gasteiger partial charge in [-0.2, -0.15) is 0 Å². The zero-order valence-electron chi connectivity index (χ0n) is 9.82. The second-order valence-electron chi connectivity index (χ2n) is 4.53. The molecule has 1 amide bonds. The molecule has 1 aromatic rings. The van der Waals surface area contributed by atoms with Crippen LogP contribution in [0.4, 0.5) is 0 Å². The van der Waals surface area contributed by atoms with Crippen LogP contribution in [-0.2, 0) is 11.3 Å². The maximum Gasteiger partial charge on any atom is 0.240 e. The summed E-state index contributed by atoms with van der Waals surface area (Å²) in [6.07, 6.45) is 3.76. The molecule has 3 nitrogen and oxygen atoms in total. The van der Waals surface area contributed by atoms with Crippen molar-refractivity contribution in [2.75, 3.05) is 0 Å². The Morgan fingerprint density at radius 1 is 1.24 bits per heavy atom. The van der Waals surface area contributed by atoms with E-state index >= 15 is 0 Å². The SMILES string of the molecule is Cl.NC1(C(=O)NCc2ccccc2)CCCC1. The average molecular weight is 255 g/mol. The van der Waals surface area contributed by atoms with Crippen molar-refractivity contribution in [1.82, 2.24) is 5.32 Å². The van der Waals surface area contributed by atoms with Crippen LogP contribution in [0.25, 0.3) is 0 Å². The van der Waals surface area contributed by atoms with Gasteiger partial charge in [-0.3, -0.25) is 4.79 Å². The van der Waals surface area contributed by atoms with E-state index in [1.165, 1.54) is 0 Å². The number of carbonyl (C=O) groups is 1. The van der Waals surface area contributed by atoms with Gasteiger partial charge in [-0.1, -0.05) is 43.2 Å². The first-order chi connectivity index (χ1) is 7.71. The van der Waals surface area contributed by atoms with Crippen LogP contribution in [0.3, 0.4) is 0 Å². The van der Waals surface area contributed by atoms with Gasteiger partial charge in [0.05, 0.1) is 5.54 Å². The molecule has 0 aliphatic heterocycles. The minimum atomic E-state index is -0.616. The Labute approximate surface area is 108 Å². The quantitative estimate of drug-likeness (QED) is 0.867. The molecule has 0 atom stereocenters. The molecule has 2 rings (SSSR count). The minimum Gasteiger partial charge on any atom is -0.350 e. The van der Waals surface area contributed by atoms with Crippen LogP contribution in [0.15, 0.2) is 30.3 Å². The van der Waals surface area contributed by atoms with Crippen LogP contribution < -0.4 is 11.1 Å². The van der Waals surface area contributed by atoms with E-state index in [0.717, 1.165) is 31.2 Å². The topological polar surface area (TPSA) is 55.1 Å². The highest BCUT2D eigenvalue weighted by Crippen LogP contribution is 2.27. The fourth-order valence-electron chi connectivity index (χ4n) is 2.19. The summed E-state index contributed by atoms with van der Waals surface area (Å²) < 4.78 is 0. The second-order valence-corrected chi connectivity index (χ2v) is 4.53. The van der Waals surface area contributed by atoms with Gasteiger partial charge in [-0.05, 0) is 18.4 Å². The third-order valence-corrected chi connectivity index (χ3v) is 3.24. The molecule has 3 N–H and O–H groups in total. The van der Waals surface area contributed by atoms with Gasteiger partial charge in [-0.25, -0.2) is 0 Å². The van der Waals surface area contributed by atoms with Gasteiger partial charge in [-0.15, -0.1) is 12.4 Å². The molecule has 94 valence electrons. The Balaban J connectivity index is 0.00000144. The number of halogens is 1. The number of nitrogens with one attached hydrogen (secondary N) is 1. The molecule has 0 saturated heterocycles. The van der Waals surface area contributed by atoms with Gasteiger partial charge in [0.25, 0.3) is 0 Å². The Bertz CT molecular complexity index is 361. The average Bonchev–Trinajstić information content (AvgIpc) is 2.76. The van der Waals surface area contributed by atoms with Crippen LogP contribution in [0.1, 0.15) is 31.2 Å². The number of carbonyl (C=O) groups excluding carboxylic acids is 1. The normalized spacial score (nSPS) is 17.2. The first-order valence-electron chi connectivity index (χ1n) is 5.82. The van der Waals surface area contributed by atoms with E-state index in [-0.39, 0.29) is 18.3 Å². The predicted molar refractivity (Wildman–Crippen MR) is 70.9 cm³/mol. The molecular weight excluding hydrogens is 236 g/mol. The summed E-state index contributed by atoms with van der Waals surface area (Å²) in [5.74, 6) is -0.00569. The molecule has 1 saturated carbocycles. The molecule has 4 heteroatoms. The summed E-state index contributed by atoms with van der Waals surface area (Å²) in [4.78, 5) is 11.9. The van der Waals surface area contributed by atoms with Crippen molar-refractivity contribution in [2.24, 2.45) is 5.73 Å². The van der Waals surface area contributed by atoms with Crippen molar-refractivity contribution in [1.29, 1.82) is 0 Å². The van der Waals surface area contributed by atoms with E-state index in [1.54, 1.807) is 0 Å². The monoisotopic (exact) mass is 254 g/mol. The lowest BCUT2D eigenvalue weighted by Gasteiger charge is -2.22. The molecule has 1 aliphatic rings. The van der Waals surface area contributed by atoms with Crippen molar-refractivity contribution >= 4 is 18.3 Å². The zero-order valence-corrected chi connectivity index (χ0v) is 10.6. The number of rotatable bonds is 3. The van der Waals surface area contributed by atoms with Gasteiger partial charge in [0.15, 0.2) is 0 Å². The minimum absolute atomic E-state index is 0. The third kappa shape index (κ3) is 3.45. The standard InChI is InChI=1S/C13H18N2O.ClH/c14-13(8-4-5-9-13)12(16)15-10-11-6-2-1-3-7-11;/h1-3,6-7H,4-5,8-10,14H2,(H,15,16);1H. The highest BCUT2D eigenvalue weighted by Gasteiger charge is 2.36. The fraction of sp³-hybridized carbons (Fsp3) is 0.462. The first-order valence-corrected chi connectivity index (χ1v) is 5.82. The van der Waals surface area contributed by atoms with Crippen LogP contribution in [0.2, 0.25) is 0 Å². The van der Waals surface area contributed by atoms with E-state index < -0.39 is 5.54 Å². The number of hydrogen-bond acceptors (Lipinski definition) is 2. The third-order valence-electron chi connectivity index (χ3n) is 3.24. The molecule has 0 radical (unpaired) electrons. The summed E-state index contributed by atoms with van der Waals surface area (Å²) in [6.45, 7) is 0.568. The van der Waals surface area contributed by atoms with E-state index in [4.69, 9.17) is 5.73 Å². The van der Waals surface area contributed by atoms with Gasteiger partial charge >= 0.3 is 0 Å².